The van der Waals surface area contributed by atoms with Crippen LogP contribution >= 0.6 is 0 Å². The predicted molar refractivity (Wildman–Crippen MR) is 100 cm³/mol. The summed E-state index contributed by atoms with van der Waals surface area (Å²) in [4.78, 5) is 7.90. The van der Waals surface area contributed by atoms with E-state index in [9.17, 15) is 8.42 Å². The average molecular weight is 372 g/mol. The molecule has 136 valence electrons. The first-order valence-corrected chi connectivity index (χ1v) is 9.33. The van der Waals surface area contributed by atoms with Crippen LogP contribution in [0.2, 0.25) is 0 Å². The molecule has 2 aromatic rings. The molecule has 0 aliphatic rings. The normalized spacial score (nSPS) is 11.7. The fraction of sp³-hybridized carbons (Fsp3) is 0.235. The number of aryl methyl sites for hydroxylation is 1. The van der Waals surface area contributed by atoms with Gasteiger partial charge in [-0.25, -0.2) is 18.1 Å². The summed E-state index contributed by atoms with van der Waals surface area (Å²) in [6.45, 7) is 5.48. The summed E-state index contributed by atoms with van der Waals surface area (Å²) in [5, 5.41) is 14.1. The van der Waals surface area contributed by atoms with Crippen molar-refractivity contribution in [2.45, 2.75) is 31.7 Å². The van der Waals surface area contributed by atoms with Crippen molar-refractivity contribution in [1.29, 1.82) is 5.26 Å². The Kier molecular flexibility index (Phi) is 6.14. The first kappa shape index (κ1) is 19.2. The molecule has 8 nitrogen and oxygen atoms in total. The fourth-order valence-electron chi connectivity index (χ4n) is 2.15. The van der Waals surface area contributed by atoms with Gasteiger partial charge in [-0.2, -0.15) is 5.26 Å². The minimum atomic E-state index is -4.01. The Bertz CT molecular complexity index is 948. The van der Waals surface area contributed by atoms with Crippen LogP contribution in [0.5, 0.6) is 0 Å². The molecule has 0 saturated carbocycles. The number of aliphatic imine (C=N–C) groups is 1. The molecule has 9 heteroatoms. The molecule has 0 fully saturated rings. The molecule has 1 aromatic heterocycles. The molecule has 0 unspecified atom stereocenters. The summed E-state index contributed by atoms with van der Waals surface area (Å²) in [6, 6.07) is 8.91. The summed E-state index contributed by atoms with van der Waals surface area (Å²) in [5.74, 6) is -0.146. The summed E-state index contributed by atoms with van der Waals surface area (Å²) < 4.78 is 27.8. The van der Waals surface area contributed by atoms with Gasteiger partial charge in [0.05, 0.1) is 5.69 Å². The number of nitrogens with one attached hydrogen (secondary N) is 3. The Morgan fingerprint density at radius 2 is 2.08 bits per heavy atom. The van der Waals surface area contributed by atoms with E-state index in [1.807, 2.05) is 31.2 Å². The number of nitrogens with zero attached hydrogens (tertiary/aromatic N) is 3. The average Bonchev–Trinajstić information content (AvgIpc) is 2.54. The highest BCUT2D eigenvalue weighted by Gasteiger charge is 2.21. The van der Waals surface area contributed by atoms with E-state index in [4.69, 9.17) is 5.26 Å². The molecule has 1 aromatic carbocycles. The summed E-state index contributed by atoms with van der Waals surface area (Å²) >= 11 is 0. The smallest absolute Gasteiger partial charge is 0.267 e. The number of pyridine rings is 1. The Balaban J connectivity index is 2.37. The molecule has 3 N–H and O–H groups in total. The minimum absolute atomic E-state index is 0.0577. The SMILES string of the molecule is Cc1cccc(Nc2ccncc2S(=O)(=O)NC(=NC(C)C)NC#N)c1. The number of anilines is 2. The largest absolute Gasteiger partial charge is 0.354 e. The van der Waals surface area contributed by atoms with Crippen molar-refractivity contribution in [2.24, 2.45) is 4.99 Å². The standard InChI is InChI=1S/C17H20N6O2S/c1-12(2)21-17(20-11-18)23-26(24,25)16-10-19-8-7-15(16)22-14-6-4-5-13(3)9-14/h4-10,12H,1-3H3,(H,19,22)(H2,20,21,23). The zero-order valence-corrected chi connectivity index (χ0v) is 15.5. The number of nitriles is 1. The van der Waals surface area contributed by atoms with E-state index in [-0.39, 0.29) is 16.9 Å². The summed E-state index contributed by atoms with van der Waals surface area (Å²) in [5.41, 5.74) is 2.15. The van der Waals surface area contributed by atoms with Gasteiger partial charge in [0.15, 0.2) is 6.19 Å². The van der Waals surface area contributed by atoms with E-state index in [1.54, 1.807) is 26.1 Å². The Morgan fingerprint density at radius 1 is 1.31 bits per heavy atom. The van der Waals surface area contributed by atoms with Gasteiger partial charge in [-0.15, -0.1) is 0 Å². The van der Waals surface area contributed by atoms with E-state index in [0.29, 0.717) is 5.69 Å². The highest BCUT2D eigenvalue weighted by Crippen LogP contribution is 2.24. The molecule has 0 aliphatic heterocycles. The van der Waals surface area contributed by atoms with Crippen molar-refractivity contribution in [3.05, 3.63) is 48.3 Å². The topological polar surface area (TPSA) is 119 Å². The molecule has 26 heavy (non-hydrogen) atoms. The minimum Gasteiger partial charge on any atom is -0.354 e. The van der Waals surface area contributed by atoms with E-state index in [1.165, 1.54) is 12.4 Å². The Morgan fingerprint density at radius 3 is 2.73 bits per heavy atom. The first-order chi connectivity index (χ1) is 12.3. The van der Waals surface area contributed by atoms with E-state index in [2.05, 4.69) is 25.3 Å². The zero-order chi connectivity index (χ0) is 19.2. The van der Waals surface area contributed by atoms with Crippen LogP contribution in [0.25, 0.3) is 0 Å². The molecule has 2 rings (SSSR count). The second-order valence-corrected chi connectivity index (χ2v) is 7.43. The maximum Gasteiger partial charge on any atom is 0.267 e. The predicted octanol–water partition coefficient (Wildman–Crippen LogP) is 2.25. The van der Waals surface area contributed by atoms with Crippen molar-refractivity contribution in [3.63, 3.8) is 0 Å². The number of hydrogen-bond donors (Lipinski definition) is 3. The second kappa shape index (κ2) is 8.31. The van der Waals surface area contributed by atoms with Crippen LogP contribution in [-0.4, -0.2) is 25.4 Å². The van der Waals surface area contributed by atoms with Crippen molar-refractivity contribution in [3.8, 4) is 6.19 Å². The Labute approximate surface area is 153 Å². The number of rotatable bonds is 5. The lowest BCUT2D eigenvalue weighted by molar-refractivity contribution is 0.591. The van der Waals surface area contributed by atoms with Gasteiger partial charge >= 0.3 is 0 Å². The highest BCUT2D eigenvalue weighted by atomic mass is 32.2. The van der Waals surface area contributed by atoms with Gasteiger partial charge in [0.1, 0.15) is 4.90 Å². The molecule has 0 saturated heterocycles. The van der Waals surface area contributed by atoms with Crippen molar-refractivity contribution < 1.29 is 8.42 Å². The monoisotopic (exact) mass is 372 g/mol. The number of guanidine groups is 1. The fourth-order valence-corrected chi connectivity index (χ4v) is 3.23. The molecule has 0 radical (unpaired) electrons. The van der Waals surface area contributed by atoms with E-state index < -0.39 is 10.0 Å². The first-order valence-electron chi connectivity index (χ1n) is 7.85. The van der Waals surface area contributed by atoms with Gasteiger partial charge in [0.25, 0.3) is 10.0 Å². The van der Waals surface area contributed by atoms with Crippen LogP contribution in [0.4, 0.5) is 11.4 Å². The van der Waals surface area contributed by atoms with Gasteiger partial charge in [0.2, 0.25) is 5.96 Å². The number of sulfonamides is 1. The van der Waals surface area contributed by atoms with Crippen LogP contribution in [0.15, 0.2) is 52.6 Å². The van der Waals surface area contributed by atoms with Gasteiger partial charge < -0.3 is 5.32 Å². The quantitative estimate of drug-likeness (QED) is 0.320. The maximum absolute atomic E-state index is 12.8. The molecule has 0 spiro atoms. The molecule has 0 amide bonds. The third-order valence-electron chi connectivity index (χ3n) is 3.16. The Hall–Kier alpha value is -3.12. The molecule has 0 bridgehead atoms. The zero-order valence-electron chi connectivity index (χ0n) is 14.7. The van der Waals surface area contributed by atoms with Crippen LogP contribution < -0.4 is 15.4 Å². The van der Waals surface area contributed by atoms with Crippen molar-refractivity contribution >= 4 is 27.4 Å². The molecule has 0 aliphatic carbocycles. The molecule has 1 heterocycles. The maximum atomic E-state index is 12.8. The van der Waals surface area contributed by atoms with Crippen molar-refractivity contribution in [1.82, 2.24) is 15.0 Å². The van der Waals surface area contributed by atoms with E-state index in [0.717, 1.165) is 11.3 Å². The number of aromatic nitrogens is 1. The van der Waals surface area contributed by atoms with Gasteiger partial charge in [-0.3, -0.25) is 10.3 Å². The number of benzene rings is 1. The second-order valence-electron chi connectivity index (χ2n) is 5.78. The lowest BCUT2D eigenvalue weighted by atomic mass is 10.2. The summed E-state index contributed by atoms with van der Waals surface area (Å²) in [7, 11) is -4.01. The highest BCUT2D eigenvalue weighted by molar-refractivity contribution is 7.90. The van der Waals surface area contributed by atoms with Crippen LogP contribution in [0.1, 0.15) is 19.4 Å². The summed E-state index contributed by atoms with van der Waals surface area (Å²) in [6.07, 6.45) is 4.40. The lowest BCUT2D eigenvalue weighted by Crippen LogP contribution is -2.39. The number of hydrogen-bond acceptors (Lipinski definition) is 6. The van der Waals surface area contributed by atoms with Crippen LogP contribution in [0, 0.1) is 18.4 Å². The van der Waals surface area contributed by atoms with Gasteiger partial charge in [-0.1, -0.05) is 12.1 Å². The van der Waals surface area contributed by atoms with Crippen molar-refractivity contribution in [2.75, 3.05) is 5.32 Å². The van der Waals surface area contributed by atoms with E-state index >= 15 is 0 Å². The molecule has 0 atom stereocenters. The lowest BCUT2D eigenvalue weighted by Gasteiger charge is -2.14. The van der Waals surface area contributed by atoms with Gasteiger partial charge in [-0.05, 0) is 44.5 Å². The van der Waals surface area contributed by atoms with Crippen LogP contribution in [-0.2, 0) is 10.0 Å². The third kappa shape index (κ3) is 5.19. The third-order valence-corrected chi connectivity index (χ3v) is 4.53. The van der Waals surface area contributed by atoms with Gasteiger partial charge in [0, 0.05) is 24.1 Å². The van der Waals surface area contributed by atoms with Crippen LogP contribution in [0.3, 0.4) is 0 Å². The molecular weight excluding hydrogens is 352 g/mol. The molecular formula is C17H20N6O2S.